The van der Waals surface area contributed by atoms with Gasteiger partial charge in [0, 0.05) is 12.1 Å². The van der Waals surface area contributed by atoms with Gasteiger partial charge in [0.2, 0.25) is 5.91 Å². The van der Waals surface area contributed by atoms with Gasteiger partial charge in [-0.1, -0.05) is 49.4 Å². The van der Waals surface area contributed by atoms with Crippen molar-refractivity contribution in [3.8, 4) is 0 Å². The van der Waals surface area contributed by atoms with Crippen molar-refractivity contribution >= 4 is 34.9 Å². The van der Waals surface area contributed by atoms with Gasteiger partial charge in [0.1, 0.15) is 16.7 Å². The molecule has 0 aliphatic heterocycles. The van der Waals surface area contributed by atoms with Crippen molar-refractivity contribution in [2.24, 2.45) is 5.73 Å². The van der Waals surface area contributed by atoms with E-state index in [9.17, 15) is 18.8 Å². The first-order valence-corrected chi connectivity index (χ1v) is 11.8. The largest absolute Gasteiger partial charge is 0.395 e. The van der Waals surface area contributed by atoms with Crippen LogP contribution in [-0.4, -0.2) is 32.5 Å². The Morgan fingerprint density at radius 2 is 1.74 bits per heavy atom. The SMILES string of the molecule is CCC(C)(C)NC(=O)[C@H](c1ccc(F)cc1)N(Cc1ccccc1)C(=O)c1snc(C(N)=O)c1N. The Hall–Kier alpha value is -3.79. The summed E-state index contributed by atoms with van der Waals surface area (Å²) in [6, 6.07) is 13.4. The molecule has 3 rings (SSSR count). The molecule has 1 atom stereocenters. The Balaban J connectivity index is 2.15. The number of carbonyl (C=O) groups is 3. The van der Waals surface area contributed by atoms with E-state index in [4.69, 9.17) is 11.5 Å². The number of carbonyl (C=O) groups excluding carboxylic acids is 3. The van der Waals surface area contributed by atoms with Crippen molar-refractivity contribution in [3.63, 3.8) is 0 Å². The van der Waals surface area contributed by atoms with E-state index < -0.39 is 35.1 Å². The highest BCUT2D eigenvalue weighted by Gasteiger charge is 2.36. The van der Waals surface area contributed by atoms with Gasteiger partial charge in [0.05, 0.1) is 5.69 Å². The number of aromatic nitrogens is 1. The van der Waals surface area contributed by atoms with E-state index in [1.807, 2.05) is 51.1 Å². The maximum absolute atomic E-state index is 13.8. The van der Waals surface area contributed by atoms with Crippen LogP contribution in [0.15, 0.2) is 54.6 Å². The van der Waals surface area contributed by atoms with Crippen LogP contribution in [-0.2, 0) is 11.3 Å². The Labute approximate surface area is 207 Å². The second kappa shape index (κ2) is 10.6. The first kappa shape index (κ1) is 25.8. The van der Waals surface area contributed by atoms with Gasteiger partial charge in [-0.3, -0.25) is 14.4 Å². The average molecular weight is 498 g/mol. The fraction of sp³-hybridized carbons (Fsp3) is 0.280. The third-order valence-corrected chi connectivity index (χ3v) is 6.55. The number of primary amides is 1. The summed E-state index contributed by atoms with van der Waals surface area (Å²) >= 11 is 0.737. The second-order valence-electron chi connectivity index (χ2n) is 8.74. The molecule has 3 amide bonds. The van der Waals surface area contributed by atoms with Crippen LogP contribution in [0, 0.1) is 5.82 Å². The van der Waals surface area contributed by atoms with E-state index in [0.29, 0.717) is 12.0 Å². The fourth-order valence-corrected chi connectivity index (χ4v) is 4.19. The second-order valence-corrected chi connectivity index (χ2v) is 9.51. The Bertz CT molecular complexity index is 1210. The minimum Gasteiger partial charge on any atom is -0.395 e. The molecule has 0 bridgehead atoms. The number of amides is 3. The van der Waals surface area contributed by atoms with Crippen molar-refractivity contribution in [2.45, 2.75) is 45.3 Å². The lowest BCUT2D eigenvalue weighted by Crippen LogP contribution is -2.50. The summed E-state index contributed by atoms with van der Waals surface area (Å²) in [7, 11) is 0. The van der Waals surface area contributed by atoms with E-state index in [1.54, 1.807) is 0 Å². The van der Waals surface area contributed by atoms with Crippen LogP contribution in [0.3, 0.4) is 0 Å². The van der Waals surface area contributed by atoms with Gasteiger partial charge < -0.3 is 21.7 Å². The van der Waals surface area contributed by atoms with Gasteiger partial charge in [0.15, 0.2) is 5.69 Å². The van der Waals surface area contributed by atoms with E-state index in [2.05, 4.69) is 9.69 Å². The van der Waals surface area contributed by atoms with E-state index >= 15 is 0 Å². The molecule has 184 valence electrons. The molecule has 0 saturated heterocycles. The number of nitrogens with two attached hydrogens (primary N) is 2. The first-order chi connectivity index (χ1) is 16.5. The van der Waals surface area contributed by atoms with Crippen LogP contribution >= 0.6 is 11.5 Å². The summed E-state index contributed by atoms with van der Waals surface area (Å²) in [5, 5.41) is 2.99. The van der Waals surface area contributed by atoms with Crippen LogP contribution in [0.25, 0.3) is 0 Å². The maximum atomic E-state index is 13.8. The van der Waals surface area contributed by atoms with Crippen molar-refractivity contribution in [1.82, 2.24) is 14.6 Å². The van der Waals surface area contributed by atoms with E-state index in [-0.39, 0.29) is 22.8 Å². The van der Waals surface area contributed by atoms with E-state index in [1.165, 1.54) is 29.2 Å². The quantitative estimate of drug-likeness (QED) is 0.415. The topological polar surface area (TPSA) is 131 Å². The average Bonchev–Trinajstić information content (AvgIpc) is 3.21. The third-order valence-electron chi connectivity index (χ3n) is 5.70. The highest BCUT2D eigenvalue weighted by Crippen LogP contribution is 2.31. The molecule has 8 nitrogen and oxygen atoms in total. The lowest BCUT2D eigenvalue weighted by molar-refractivity contribution is -0.127. The molecule has 0 spiro atoms. The molecule has 0 saturated carbocycles. The molecule has 35 heavy (non-hydrogen) atoms. The third kappa shape index (κ3) is 6.02. The summed E-state index contributed by atoms with van der Waals surface area (Å²) < 4.78 is 17.7. The minimum absolute atomic E-state index is 0.00982. The number of rotatable bonds is 9. The first-order valence-electron chi connectivity index (χ1n) is 11.0. The zero-order valence-corrected chi connectivity index (χ0v) is 20.6. The standard InChI is InChI=1S/C25H28FN5O3S/c1-4-25(2,3)29-23(33)20(16-10-12-17(26)13-11-16)31(14-15-8-6-5-7-9-15)24(34)21-18(27)19(22(28)32)30-35-21/h5-13,20H,4,14,27H2,1-3H3,(H2,28,32)(H,29,33)/t20-/m0/s1. The van der Waals surface area contributed by atoms with Crippen LogP contribution in [0.2, 0.25) is 0 Å². The van der Waals surface area contributed by atoms with Crippen molar-refractivity contribution in [3.05, 3.63) is 82.1 Å². The molecular formula is C25H28FN5O3S. The highest BCUT2D eigenvalue weighted by molar-refractivity contribution is 7.09. The molecule has 0 radical (unpaired) electrons. The number of nitrogens with zero attached hydrogens (tertiary/aromatic N) is 2. The van der Waals surface area contributed by atoms with Crippen LogP contribution in [0.4, 0.5) is 10.1 Å². The molecule has 10 heteroatoms. The summed E-state index contributed by atoms with van der Waals surface area (Å²) in [6.07, 6.45) is 0.644. The molecule has 1 aromatic heterocycles. The number of hydrogen-bond acceptors (Lipinski definition) is 6. The maximum Gasteiger partial charge on any atom is 0.270 e. The van der Waals surface area contributed by atoms with Gasteiger partial charge >= 0.3 is 0 Å². The van der Waals surface area contributed by atoms with Crippen molar-refractivity contribution < 1.29 is 18.8 Å². The van der Waals surface area contributed by atoms with Gasteiger partial charge in [-0.25, -0.2) is 4.39 Å². The monoisotopic (exact) mass is 497 g/mol. The highest BCUT2D eigenvalue weighted by atomic mass is 32.1. The van der Waals surface area contributed by atoms with Crippen LogP contribution in [0.5, 0.6) is 0 Å². The van der Waals surface area contributed by atoms with Gasteiger partial charge in [-0.2, -0.15) is 4.37 Å². The molecule has 5 N–H and O–H groups in total. The zero-order valence-electron chi connectivity index (χ0n) is 19.7. The van der Waals surface area contributed by atoms with Gasteiger partial charge in [0.25, 0.3) is 11.8 Å². The van der Waals surface area contributed by atoms with Crippen molar-refractivity contribution in [2.75, 3.05) is 5.73 Å². The smallest absolute Gasteiger partial charge is 0.270 e. The molecule has 2 aromatic carbocycles. The van der Waals surface area contributed by atoms with Crippen LogP contribution < -0.4 is 16.8 Å². The fourth-order valence-electron chi connectivity index (χ4n) is 3.43. The lowest BCUT2D eigenvalue weighted by atomic mass is 9.98. The number of anilines is 1. The summed E-state index contributed by atoms with van der Waals surface area (Å²) in [6.45, 7) is 5.72. The van der Waals surface area contributed by atoms with Crippen molar-refractivity contribution in [1.29, 1.82) is 0 Å². The number of hydrogen-bond donors (Lipinski definition) is 3. The predicted octanol–water partition coefficient (Wildman–Crippen LogP) is 3.65. The molecule has 0 unspecified atom stereocenters. The molecule has 0 aliphatic rings. The van der Waals surface area contributed by atoms with Gasteiger partial charge in [-0.15, -0.1) is 0 Å². The minimum atomic E-state index is -1.12. The number of nitrogen functional groups attached to an aromatic ring is 1. The summed E-state index contributed by atoms with van der Waals surface area (Å²) in [5.41, 5.74) is 11.6. The molecular weight excluding hydrogens is 469 g/mol. The van der Waals surface area contributed by atoms with Crippen LogP contribution in [0.1, 0.15) is 64.5 Å². The Morgan fingerprint density at radius 3 is 2.29 bits per heavy atom. The Kier molecular flexibility index (Phi) is 7.85. The Morgan fingerprint density at radius 1 is 1.11 bits per heavy atom. The molecule has 3 aromatic rings. The molecule has 0 aliphatic carbocycles. The molecule has 0 fully saturated rings. The molecule has 1 heterocycles. The summed E-state index contributed by atoms with van der Waals surface area (Å²) in [4.78, 5) is 40.5. The van der Waals surface area contributed by atoms with Gasteiger partial charge in [-0.05, 0) is 55.1 Å². The summed E-state index contributed by atoms with van der Waals surface area (Å²) in [5.74, 6) is -2.37. The lowest BCUT2D eigenvalue weighted by Gasteiger charge is -2.34. The number of halogens is 1. The zero-order chi connectivity index (χ0) is 25.8. The predicted molar refractivity (Wildman–Crippen MR) is 133 cm³/mol. The number of nitrogens with one attached hydrogen (secondary N) is 1. The normalized spacial score (nSPS) is 12.1. The van der Waals surface area contributed by atoms with E-state index in [0.717, 1.165) is 17.1 Å². The number of benzene rings is 2.